The van der Waals surface area contributed by atoms with E-state index in [1.807, 2.05) is 0 Å². The maximum absolute atomic E-state index is 3.60. The molecule has 0 amide bonds. The fraction of sp³-hybridized carbons (Fsp3) is 0.923. The van der Waals surface area contributed by atoms with Crippen LogP contribution in [0.3, 0.4) is 0 Å². The second-order valence-electron chi connectivity index (χ2n) is 9.08. The molecule has 0 saturated carbocycles. The molecule has 0 spiro atoms. The molecule has 1 rings (SSSR count). The fourth-order valence-electron chi connectivity index (χ4n) is 4.53. The van der Waals surface area contributed by atoms with Gasteiger partial charge in [-0.1, -0.05) is 90.4 Å². The average Bonchev–Trinajstić information content (AvgIpc) is 2.69. The SMILES string of the molecule is CCCCCCCCC#CC[N+]1(CCCCCCCCCC)CCCCC1. The minimum atomic E-state index is 1.13. The van der Waals surface area contributed by atoms with Crippen molar-refractivity contribution in [3.63, 3.8) is 0 Å². The van der Waals surface area contributed by atoms with Crippen LogP contribution in [0.25, 0.3) is 0 Å². The van der Waals surface area contributed by atoms with Crippen LogP contribution >= 0.6 is 0 Å². The molecule has 0 atom stereocenters. The van der Waals surface area contributed by atoms with Crippen molar-refractivity contribution < 1.29 is 4.48 Å². The Hall–Kier alpha value is -0.480. The van der Waals surface area contributed by atoms with Crippen molar-refractivity contribution in [2.75, 3.05) is 26.2 Å². The van der Waals surface area contributed by atoms with Gasteiger partial charge in [-0.3, -0.25) is 0 Å². The van der Waals surface area contributed by atoms with Gasteiger partial charge in [0.1, 0.15) is 6.54 Å². The Labute approximate surface area is 172 Å². The van der Waals surface area contributed by atoms with Gasteiger partial charge in [0.05, 0.1) is 19.6 Å². The lowest BCUT2D eigenvalue weighted by atomic mass is 10.0. The average molecular weight is 377 g/mol. The summed E-state index contributed by atoms with van der Waals surface area (Å²) >= 11 is 0. The van der Waals surface area contributed by atoms with Gasteiger partial charge in [0.25, 0.3) is 0 Å². The molecule has 1 heterocycles. The lowest BCUT2D eigenvalue weighted by Crippen LogP contribution is -2.52. The first-order valence-electron chi connectivity index (χ1n) is 12.6. The number of piperidine rings is 1. The van der Waals surface area contributed by atoms with Gasteiger partial charge in [-0.05, 0) is 44.4 Å². The van der Waals surface area contributed by atoms with Gasteiger partial charge in [0, 0.05) is 6.42 Å². The van der Waals surface area contributed by atoms with Crippen LogP contribution < -0.4 is 0 Å². The van der Waals surface area contributed by atoms with E-state index in [1.54, 1.807) is 0 Å². The van der Waals surface area contributed by atoms with Crippen LogP contribution in [0.1, 0.15) is 129 Å². The summed E-state index contributed by atoms with van der Waals surface area (Å²) in [6.45, 7) is 9.90. The van der Waals surface area contributed by atoms with E-state index >= 15 is 0 Å². The number of hydrogen-bond acceptors (Lipinski definition) is 0. The quantitative estimate of drug-likeness (QED) is 0.146. The second kappa shape index (κ2) is 17.6. The van der Waals surface area contributed by atoms with Gasteiger partial charge in [-0.15, -0.1) is 0 Å². The monoisotopic (exact) mass is 376 g/mol. The summed E-state index contributed by atoms with van der Waals surface area (Å²) < 4.78 is 1.32. The number of quaternary nitrogens is 1. The summed E-state index contributed by atoms with van der Waals surface area (Å²) in [7, 11) is 0. The lowest BCUT2D eigenvalue weighted by molar-refractivity contribution is -0.926. The third-order valence-corrected chi connectivity index (χ3v) is 6.45. The van der Waals surface area contributed by atoms with Crippen molar-refractivity contribution in [2.45, 2.75) is 129 Å². The van der Waals surface area contributed by atoms with Crippen LogP contribution in [0.15, 0.2) is 0 Å². The Morgan fingerprint density at radius 1 is 0.556 bits per heavy atom. The number of nitrogens with zero attached hydrogens (tertiary/aromatic N) is 1. The van der Waals surface area contributed by atoms with E-state index in [0.717, 1.165) is 13.0 Å². The van der Waals surface area contributed by atoms with Crippen molar-refractivity contribution in [1.29, 1.82) is 0 Å². The van der Waals surface area contributed by atoms with Crippen molar-refractivity contribution in [3.05, 3.63) is 0 Å². The molecule has 158 valence electrons. The molecule has 0 radical (unpaired) electrons. The number of rotatable bonds is 16. The second-order valence-corrected chi connectivity index (χ2v) is 9.08. The van der Waals surface area contributed by atoms with Crippen LogP contribution in [-0.2, 0) is 0 Å². The highest BCUT2D eigenvalue weighted by molar-refractivity contribution is 4.99. The van der Waals surface area contributed by atoms with E-state index in [0.29, 0.717) is 0 Å². The zero-order chi connectivity index (χ0) is 19.5. The summed E-state index contributed by atoms with van der Waals surface area (Å²) in [6.07, 6.45) is 25.2. The minimum absolute atomic E-state index is 1.13. The number of hydrogen-bond donors (Lipinski definition) is 0. The van der Waals surface area contributed by atoms with Gasteiger partial charge in [0.15, 0.2) is 0 Å². The summed E-state index contributed by atoms with van der Waals surface area (Å²) in [5.74, 6) is 7.11. The largest absolute Gasteiger partial charge is 0.314 e. The van der Waals surface area contributed by atoms with Gasteiger partial charge >= 0.3 is 0 Å². The highest BCUT2D eigenvalue weighted by Gasteiger charge is 2.28. The van der Waals surface area contributed by atoms with Crippen LogP contribution in [0.5, 0.6) is 0 Å². The highest BCUT2D eigenvalue weighted by atomic mass is 15.3. The van der Waals surface area contributed by atoms with Gasteiger partial charge in [-0.2, -0.15) is 0 Å². The molecule has 1 saturated heterocycles. The van der Waals surface area contributed by atoms with Gasteiger partial charge in [-0.25, -0.2) is 0 Å². The molecule has 0 aromatic carbocycles. The summed E-state index contributed by atoms with van der Waals surface area (Å²) in [5.41, 5.74) is 0. The van der Waals surface area contributed by atoms with E-state index in [4.69, 9.17) is 0 Å². The molecule has 1 aliphatic heterocycles. The van der Waals surface area contributed by atoms with E-state index in [9.17, 15) is 0 Å². The van der Waals surface area contributed by atoms with E-state index in [2.05, 4.69) is 25.7 Å². The Morgan fingerprint density at radius 2 is 1.07 bits per heavy atom. The summed E-state index contributed by atoms with van der Waals surface area (Å²) in [6, 6.07) is 0. The molecule has 0 aromatic heterocycles. The van der Waals surface area contributed by atoms with Crippen molar-refractivity contribution in [3.8, 4) is 11.8 Å². The molecule has 1 heteroatoms. The molecule has 1 aliphatic rings. The van der Waals surface area contributed by atoms with Crippen molar-refractivity contribution in [2.24, 2.45) is 0 Å². The van der Waals surface area contributed by atoms with Crippen LogP contribution in [0.2, 0.25) is 0 Å². The van der Waals surface area contributed by atoms with Crippen LogP contribution in [0.4, 0.5) is 0 Å². The fourth-order valence-corrected chi connectivity index (χ4v) is 4.53. The third kappa shape index (κ3) is 13.3. The summed E-state index contributed by atoms with van der Waals surface area (Å²) in [4.78, 5) is 0. The number of likely N-dealkylation sites (tertiary alicyclic amines) is 1. The Bertz CT molecular complexity index is 369. The van der Waals surface area contributed by atoms with E-state index < -0.39 is 0 Å². The number of unbranched alkanes of at least 4 members (excludes halogenated alkanes) is 13. The van der Waals surface area contributed by atoms with Crippen molar-refractivity contribution in [1.82, 2.24) is 0 Å². The van der Waals surface area contributed by atoms with Crippen LogP contribution in [-0.4, -0.2) is 30.7 Å². The molecule has 1 nitrogen and oxygen atoms in total. The molecule has 0 unspecified atom stereocenters. The first-order valence-corrected chi connectivity index (χ1v) is 12.6. The molecular formula is C26H50N+. The maximum Gasteiger partial charge on any atom is 0.140 e. The molecule has 0 N–H and O–H groups in total. The summed E-state index contributed by atoms with van der Waals surface area (Å²) in [5, 5.41) is 0. The van der Waals surface area contributed by atoms with Crippen molar-refractivity contribution >= 4 is 0 Å². The van der Waals surface area contributed by atoms with Gasteiger partial charge < -0.3 is 4.48 Å². The van der Waals surface area contributed by atoms with E-state index in [1.165, 1.54) is 133 Å². The molecular weight excluding hydrogens is 326 g/mol. The molecule has 1 fully saturated rings. The zero-order valence-corrected chi connectivity index (χ0v) is 19.0. The maximum atomic E-state index is 3.60. The predicted octanol–water partition coefficient (Wildman–Crippen LogP) is 7.88. The van der Waals surface area contributed by atoms with Crippen LogP contribution in [0, 0.1) is 11.8 Å². The minimum Gasteiger partial charge on any atom is -0.314 e. The zero-order valence-electron chi connectivity index (χ0n) is 19.0. The molecule has 0 aromatic rings. The smallest absolute Gasteiger partial charge is 0.140 e. The Kier molecular flexibility index (Phi) is 16.0. The highest BCUT2D eigenvalue weighted by Crippen LogP contribution is 2.20. The Morgan fingerprint density at radius 3 is 1.67 bits per heavy atom. The van der Waals surface area contributed by atoms with Gasteiger partial charge in [0.2, 0.25) is 0 Å². The topological polar surface area (TPSA) is 0 Å². The predicted molar refractivity (Wildman–Crippen MR) is 122 cm³/mol. The standard InChI is InChI=1S/C26H50N/c1-3-5-7-9-11-13-15-17-20-24-27(25-21-18-22-26-27)23-19-16-14-12-10-8-6-4-2/h3-16,18-19,21-26H2,1-2H3/q+1. The molecule has 0 bridgehead atoms. The van der Waals surface area contributed by atoms with E-state index in [-0.39, 0.29) is 0 Å². The first kappa shape index (κ1) is 24.6. The molecule has 0 aliphatic carbocycles. The lowest BCUT2D eigenvalue weighted by Gasteiger charge is -2.40. The third-order valence-electron chi connectivity index (χ3n) is 6.45. The first-order chi connectivity index (χ1) is 13.3. The molecule has 27 heavy (non-hydrogen) atoms. The Balaban J connectivity index is 2.16. The normalized spacial score (nSPS) is 16.1.